The fraction of sp³-hybridized carbons (Fsp3) is 0.545. The van der Waals surface area contributed by atoms with E-state index in [1.807, 2.05) is 19.1 Å². The number of ether oxygens (including phenoxy) is 1. The lowest BCUT2D eigenvalue weighted by molar-refractivity contribution is -0.115. The lowest BCUT2D eigenvalue weighted by Gasteiger charge is -2.46. The van der Waals surface area contributed by atoms with Crippen molar-refractivity contribution in [1.82, 2.24) is 10.3 Å². The van der Waals surface area contributed by atoms with Gasteiger partial charge in [-0.15, -0.1) is 11.3 Å². The molecule has 160 valence electrons. The summed E-state index contributed by atoms with van der Waals surface area (Å²) in [6.07, 6.45) is 3.89. The second kappa shape index (κ2) is 7.83. The van der Waals surface area contributed by atoms with Gasteiger partial charge < -0.3 is 20.1 Å². The molecule has 2 fully saturated rings. The highest BCUT2D eigenvalue weighted by Gasteiger charge is 2.44. The number of nitrogens with one attached hydrogen (secondary N) is 1. The number of rotatable bonds is 4. The van der Waals surface area contributed by atoms with E-state index in [9.17, 15) is 9.90 Å². The molecule has 5 rings (SSSR count). The molecule has 0 radical (unpaired) electrons. The van der Waals surface area contributed by atoms with E-state index >= 15 is 0 Å². The van der Waals surface area contributed by atoms with Crippen LogP contribution < -0.4 is 15.1 Å². The lowest BCUT2D eigenvalue weighted by atomic mass is 9.90. The number of carboxylic acid groups (broad SMARTS) is 1. The van der Waals surface area contributed by atoms with Crippen molar-refractivity contribution in [2.45, 2.75) is 50.9 Å². The standard InChI is InChI=1S/C22H28N4O3S/c1-22(29-17-3-2-4-17)8-7-16-13-15(5-6-19(16)26(22)21(27)28)18-14-30-20(24-18)25-11-9-23-10-12-25/h5-6,13-14,17,23H,2-4,7-12H2,1H3,(H,27,28). The third kappa shape index (κ3) is 3.57. The van der Waals surface area contributed by atoms with Crippen molar-refractivity contribution < 1.29 is 14.6 Å². The van der Waals surface area contributed by atoms with Crippen LogP contribution in [0.3, 0.4) is 0 Å². The van der Waals surface area contributed by atoms with Crippen molar-refractivity contribution >= 4 is 28.2 Å². The zero-order chi connectivity index (χ0) is 20.7. The number of anilines is 2. The van der Waals surface area contributed by atoms with Crippen molar-refractivity contribution in [2.75, 3.05) is 36.0 Å². The Morgan fingerprint density at radius 2 is 2.13 bits per heavy atom. The average molecular weight is 429 g/mol. The number of hydrogen-bond donors (Lipinski definition) is 2. The maximum absolute atomic E-state index is 12.2. The molecule has 0 bridgehead atoms. The van der Waals surface area contributed by atoms with Gasteiger partial charge in [-0.05, 0) is 56.7 Å². The Hall–Kier alpha value is -2.16. The molecule has 30 heavy (non-hydrogen) atoms. The van der Waals surface area contributed by atoms with Gasteiger partial charge in [0.05, 0.1) is 17.5 Å². The van der Waals surface area contributed by atoms with Crippen molar-refractivity contribution in [2.24, 2.45) is 0 Å². The second-order valence-corrected chi connectivity index (χ2v) is 9.40. The van der Waals surface area contributed by atoms with Crippen LogP contribution in [0.15, 0.2) is 23.6 Å². The summed E-state index contributed by atoms with van der Waals surface area (Å²) in [5, 5.41) is 16.5. The van der Waals surface area contributed by atoms with Gasteiger partial charge in [-0.3, -0.25) is 0 Å². The van der Waals surface area contributed by atoms with Gasteiger partial charge in [-0.25, -0.2) is 14.7 Å². The summed E-state index contributed by atoms with van der Waals surface area (Å²) < 4.78 is 6.25. The predicted octanol–water partition coefficient (Wildman–Crippen LogP) is 3.94. The number of fused-ring (bicyclic) bond motifs is 1. The molecular formula is C22H28N4O3S. The maximum atomic E-state index is 12.2. The van der Waals surface area contributed by atoms with E-state index in [1.54, 1.807) is 11.3 Å². The number of carbonyl (C=O) groups is 1. The third-order valence-electron chi connectivity index (χ3n) is 6.49. The molecule has 1 amide bonds. The van der Waals surface area contributed by atoms with Gasteiger partial charge in [-0.2, -0.15) is 0 Å². The molecule has 7 nitrogen and oxygen atoms in total. The van der Waals surface area contributed by atoms with E-state index in [0.717, 1.165) is 79.5 Å². The molecule has 8 heteroatoms. The van der Waals surface area contributed by atoms with Crippen LogP contribution in [0.4, 0.5) is 15.6 Å². The van der Waals surface area contributed by atoms with E-state index < -0.39 is 11.8 Å². The fourth-order valence-electron chi connectivity index (χ4n) is 4.56. The molecule has 1 atom stereocenters. The largest absolute Gasteiger partial charge is 0.465 e. The Labute approximate surface area is 180 Å². The quantitative estimate of drug-likeness (QED) is 0.768. The second-order valence-electron chi connectivity index (χ2n) is 8.56. The first-order chi connectivity index (χ1) is 14.5. The molecule has 1 aromatic heterocycles. The number of aromatic nitrogens is 1. The van der Waals surface area contributed by atoms with Gasteiger partial charge in [0.2, 0.25) is 0 Å². The molecule has 3 aliphatic rings. The van der Waals surface area contributed by atoms with Crippen LogP contribution in [0, 0.1) is 0 Å². The molecule has 1 aromatic carbocycles. The highest BCUT2D eigenvalue weighted by atomic mass is 32.1. The van der Waals surface area contributed by atoms with Crippen LogP contribution in [0.1, 0.15) is 38.2 Å². The smallest absolute Gasteiger partial charge is 0.414 e. The van der Waals surface area contributed by atoms with Gasteiger partial charge >= 0.3 is 6.09 Å². The highest BCUT2D eigenvalue weighted by Crippen LogP contribution is 2.42. The van der Waals surface area contributed by atoms with Gasteiger partial charge in [0.25, 0.3) is 0 Å². The molecular weight excluding hydrogens is 400 g/mol. The van der Waals surface area contributed by atoms with Crippen molar-refractivity contribution in [3.63, 3.8) is 0 Å². The minimum Gasteiger partial charge on any atom is -0.465 e. The topological polar surface area (TPSA) is 77.9 Å². The number of piperazine rings is 1. The number of thiazole rings is 1. The van der Waals surface area contributed by atoms with Gasteiger partial charge in [-0.1, -0.05) is 6.07 Å². The molecule has 0 spiro atoms. The molecule has 1 unspecified atom stereocenters. The number of nitrogens with zero attached hydrogens (tertiary/aromatic N) is 3. The lowest BCUT2D eigenvalue weighted by Crippen LogP contribution is -2.56. The van der Waals surface area contributed by atoms with Gasteiger partial charge in [0.1, 0.15) is 5.72 Å². The highest BCUT2D eigenvalue weighted by molar-refractivity contribution is 7.14. The first-order valence-electron chi connectivity index (χ1n) is 10.8. The van der Waals surface area contributed by atoms with E-state index in [-0.39, 0.29) is 6.10 Å². The Kier molecular flexibility index (Phi) is 5.16. The zero-order valence-corrected chi connectivity index (χ0v) is 18.1. The molecule has 1 aliphatic carbocycles. The minimum atomic E-state index is -0.958. The zero-order valence-electron chi connectivity index (χ0n) is 17.3. The SMILES string of the molecule is CC1(OC2CCC2)CCc2cc(-c3csc(N4CCNCC4)n3)ccc2N1C(=O)O. The van der Waals surface area contributed by atoms with Crippen LogP contribution in [0.5, 0.6) is 0 Å². The number of amides is 1. The first kappa shape index (κ1) is 19.8. The van der Waals surface area contributed by atoms with Gasteiger partial charge in [0.15, 0.2) is 5.13 Å². The van der Waals surface area contributed by atoms with E-state index in [0.29, 0.717) is 6.42 Å². The molecule has 3 heterocycles. The number of aryl methyl sites for hydroxylation is 1. The van der Waals surface area contributed by atoms with Crippen LogP contribution in [-0.4, -0.2) is 54.2 Å². The number of benzene rings is 1. The van der Waals surface area contributed by atoms with E-state index in [2.05, 4.69) is 21.7 Å². The third-order valence-corrected chi connectivity index (χ3v) is 7.39. The van der Waals surface area contributed by atoms with Crippen molar-refractivity contribution in [3.8, 4) is 11.3 Å². The minimum absolute atomic E-state index is 0.177. The molecule has 2 aliphatic heterocycles. The molecule has 2 N–H and O–H groups in total. The summed E-state index contributed by atoms with van der Waals surface area (Å²) in [6.45, 7) is 5.84. The number of hydrogen-bond acceptors (Lipinski definition) is 6. The van der Waals surface area contributed by atoms with Gasteiger partial charge in [0, 0.05) is 37.1 Å². The predicted molar refractivity (Wildman–Crippen MR) is 119 cm³/mol. The van der Waals surface area contributed by atoms with Crippen LogP contribution in [0.25, 0.3) is 11.3 Å². The van der Waals surface area contributed by atoms with Crippen LogP contribution in [0.2, 0.25) is 0 Å². The average Bonchev–Trinajstić information content (AvgIpc) is 3.21. The summed E-state index contributed by atoms with van der Waals surface area (Å²) in [5.74, 6) is 0. The van der Waals surface area contributed by atoms with Crippen LogP contribution in [-0.2, 0) is 11.2 Å². The van der Waals surface area contributed by atoms with Crippen molar-refractivity contribution in [3.05, 3.63) is 29.1 Å². The monoisotopic (exact) mass is 428 g/mol. The molecule has 1 saturated carbocycles. The fourth-order valence-corrected chi connectivity index (χ4v) is 5.45. The molecule has 2 aromatic rings. The maximum Gasteiger partial charge on any atom is 0.414 e. The summed E-state index contributed by atoms with van der Waals surface area (Å²) >= 11 is 1.67. The first-order valence-corrected chi connectivity index (χ1v) is 11.7. The Morgan fingerprint density at radius 3 is 2.83 bits per heavy atom. The van der Waals surface area contributed by atoms with Crippen LogP contribution >= 0.6 is 11.3 Å². The molecule has 1 saturated heterocycles. The summed E-state index contributed by atoms with van der Waals surface area (Å²) in [5.41, 5.74) is 2.97. The Balaban J connectivity index is 1.41. The van der Waals surface area contributed by atoms with E-state index in [1.165, 1.54) is 4.90 Å². The normalized spacial score (nSPS) is 24.4. The van der Waals surface area contributed by atoms with Crippen molar-refractivity contribution in [1.29, 1.82) is 0 Å². The van der Waals surface area contributed by atoms with E-state index in [4.69, 9.17) is 9.72 Å². The Morgan fingerprint density at radius 1 is 1.33 bits per heavy atom. The Bertz CT molecular complexity index is 938. The summed E-state index contributed by atoms with van der Waals surface area (Å²) in [6, 6.07) is 6.01. The summed E-state index contributed by atoms with van der Waals surface area (Å²) in [4.78, 5) is 20.8. The summed E-state index contributed by atoms with van der Waals surface area (Å²) in [7, 11) is 0.